The molecular weight excluding hydrogens is 396 g/mol. The van der Waals surface area contributed by atoms with Crippen molar-refractivity contribution in [2.75, 3.05) is 13.1 Å². The smallest absolute Gasteiger partial charge is 0.261 e. The van der Waals surface area contributed by atoms with Crippen LogP contribution in [0.2, 0.25) is 0 Å². The van der Waals surface area contributed by atoms with Gasteiger partial charge >= 0.3 is 0 Å². The van der Waals surface area contributed by atoms with Gasteiger partial charge in [-0.2, -0.15) is 5.06 Å². The van der Waals surface area contributed by atoms with E-state index in [4.69, 9.17) is 4.84 Å². The molecule has 1 aromatic heterocycles. The molecule has 8 heteroatoms. The molecule has 3 atom stereocenters. The summed E-state index contributed by atoms with van der Waals surface area (Å²) in [7, 11) is 0. The number of imide groups is 1. The van der Waals surface area contributed by atoms with Gasteiger partial charge in [0.1, 0.15) is 6.54 Å². The molecule has 0 bridgehead atoms. The number of nitrogens with zero attached hydrogens (tertiary/aromatic N) is 3. The maximum atomic E-state index is 13.3. The Morgan fingerprint density at radius 1 is 1.06 bits per heavy atom. The van der Waals surface area contributed by atoms with Crippen LogP contribution in [0.4, 0.5) is 0 Å². The van der Waals surface area contributed by atoms with E-state index in [0.717, 1.165) is 24.0 Å². The van der Waals surface area contributed by atoms with Gasteiger partial charge in [0.2, 0.25) is 11.8 Å². The fraction of sp³-hybridized carbons (Fsp3) is 0.391. The SMILES string of the molecule is O=C(CN1OC2C(=O)N(Cc3ccccc3)C(=O)C2C1c1ccncc1)NCC1CC1. The minimum Gasteiger partial charge on any atom is -0.355 e. The van der Waals surface area contributed by atoms with Gasteiger partial charge in [-0.3, -0.25) is 29.1 Å². The Labute approximate surface area is 180 Å². The fourth-order valence-electron chi connectivity index (χ4n) is 4.30. The zero-order valence-corrected chi connectivity index (χ0v) is 17.0. The molecular formula is C23H24N4O4. The highest BCUT2D eigenvalue weighted by atomic mass is 16.7. The third-order valence-electron chi connectivity index (χ3n) is 6.10. The summed E-state index contributed by atoms with van der Waals surface area (Å²) < 4.78 is 0. The van der Waals surface area contributed by atoms with Crippen LogP contribution in [0.25, 0.3) is 0 Å². The van der Waals surface area contributed by atoms with E-state index in [-0.39, 0.29) is 30.8 Å². The van der Waals surface area contributed by atoms with E-state index in [1.54, 1.807) is 24.5 Å². The van der Waals surface area contributed by atoms with Crippen LogP contribution in [0.15, 0.2) is 54.9 Å². The third kappa shape index (κ3) is 3.96. The van der Waals surface area contributed by atoms with Crippen molar-refractivity contribution in [3.8, 4) is 0 Å². The van der Waals surface area contributed by atoms with Gasteiger partial charge in [0.25, 0.3) is 5.91 Å². The van der Waals surface area contributed by atoms with E-state index in [9.17, 15) is 14.4 Å². The van der Waals surface area contributed by atoms with Crippen LogP contribution in [0.3, 0.4) is 0 Å². The average molecular weight is 420 g/mol. The molecule has 3 heterocycles. The molecule has 3 amide bonds. The van der Waals surface area contributed by atoms with Crippen molar-refractivity contribution >= 4 is 17.7 Å². The molecule has 5 rings (SSSR count). The number of carbonyl (C=O) groups excluding carboxylic acids is 3. The molecule has 160 valence electrons. The Morgan fingerprint density at radius 2 is 1.81 bits per heavy atom. The van der Waals surface area contributed by atoms with Gasteiger partial charge in [0.15, 0.2) is 6.10 Å². The lowest BCUT2D eigenvalue weighted by Crippen LogP contribution is -2.41. The Kier molecular flexibility index (Phi) is 5.25. The first-order valence-corrected chi connectivity index (χ1v) is 10.6. The predicted molar refractivity (Wildman–Crippen MR) is 110 cm³/mol. The molecule has 2 aromatic rings. The van der Waals surface area contributed by atoms with Crippen molar-refractivity contribution < 1.29 is 19.2 Å². The number of hydroxylamine groups is 2. The predicted octanol–water partition coefficient (Wildman–Crippen LogP) is 1.45. The number of fused-ring (bicyclic) bond motifs is 1. The topological polar surface area (TPSA) is 91.8 Å². The molecule has 3 unspecified atom stereocenters. The maximum Gasteiger partial charge on any atom is 0.261 e. The Bertz CT molecular complexity index is 980. The summed E-state index contributed by atoms with van der Waals surface area (Å²) in [5, 5.41) is 4.41. The summed E-state index contributed by atoms with van der Waals surface area (Å²) in [6.07, 6.45) is 4.63. The van der Waals surface area contributed by atoms with Crippen molar-refractivity contribution in [3.63, 3.8) is 0 Å². The van der Waals surface area contributed by atoms with Crippen LogP contribution in [0.1, 0.15) is 30.0 Å². The number of amides is 3. The summed E-state index contributed by atoms with van der Waals surface area (Å²) in [5.41, 5.74) is 1.67. The number of likely N-dealkylation sites (tertiary alicyclic amines) is 1. The van der Waals surface area contributed by atoms with Gasteiger partial charge in [-0.25, -0.2) is 0 Å². The standard InChI is InChI=1S/C23H24N4O4/c28-18(25-12-15-6-7-15)14-27-20(17-8-10-24-11-9-17)19-21(31-27)23(30)26(22(19)29)13-16-4-2-1-3-5-16/h1-5,8-11,15,19-21H,6-7,12-14H2,(H,25,28). The minimum absolute atomic E-state index is 0.0358. The van der Waals surface area contributed by atoms with Gasteiger partial charge in [-0.15, -0.1) is 0 Å². The molecule has 1 aliphatic carbocycles. The van der Waals surface area contributed by atoms with Crippen molar-refractivity contribution in [3.05, 3.63) is 66.0 Å². The highest BCUT2D eigenvalue weighted by Gasteiger charge is 2.59. The lowest BCUT2D eigenvalue weighted by Gasteiger charge is -2.26. The monoisotopic (exact) mass is 420 g/mol. The van der Waals surface area contributed by atoms with Crippen molar-refractivity contribution in [1.82, 2.24) is 20.3 Å². The zero-order valence-electron chi connectivity index (χ0n) is 17.0. The molecule has 1 saturated carbocycles. The van der Waals surface area contributed by atoms with Crippen LogP contribution in [0, 0.1) is 11.8 Å². The van der Waals surface area contributed by atoms with Gasteiger partial charge in [0.05, 0.1) is 18.5 Å². The molecule has 2 saturated heterocycles. The summed E-state index contributed by atoms with van der Waals surface area (Å²) in [6.45, 7) is 0.827. The van der Waals surface area contributed by atoms with Crippen LogP contribution >= 0.6 is 0 Å². The summed E-state index contributed by atoms with van der Waals surface area (Å²) in [4.78, 5) is 50.1. The summed E-state index contributed by atoms with van der Waals surface area (Å²) in [6, 6.07) is 12.5. The Hall–Kier alpha value is -3.10. The van der Waals surface area contributed by atoms with Crippen molar-refractivity contribution in [2.24, 2.45) is 11.8 Å². The van der Waals surface area contributed by atoms with Gasteiger partial charge in [-0.1, -0.05) is 30.3 Å². The molecule has 8 nitrogen and oxygen atoms in total. The lowest BCUT2D eigenvalue weighted by molar-refractivity contribution is -0.182. The van der Waals surface area contributed by atoms with E-state index in [0.29, 0.717) is 12.5 Å². The second-order valence-corrected chi connectivity index (χ2v) is 8.35. The largest absolute Gasteiger partial charge is 0.355 e. The summed E-state index contributed by atoms with van der Waals surface area (Å²) in [5.74, 6) is -0.948. The van der Waals surface area contributed by atoms with Crippen LogP contribution in [-0.4, -0.2) is 51.9 Å². The van der Waals surface area contributed by atoms with Crippen molar-refractivity contribution in [2.45, 2.75) is 31.5 Å². The molecule has 1 N–H and O–H groups in total. The van der Waals surface area contributed by atoms with E-state index < -0.39 is 18.1 Å². The van der Waals surface area contributed by atoms with Crippen LogP contribution in [0.5, 0.6) is 0 Å². The maximum absolute atomic E-state index is 13.3. The number of carbonyl (C=O) groups is 3. The van der Waals surface area contributed by atoms with E-state index in [1.165, 1.54) is 9.96 Å². The number of hydrogen-bond donors (Lipinski definition) is 1. The van der Waals surface area contributed by atoms with Gasteiger partial charge in [0, 0.05) is 18.9 Å². The second kappa shape index (κ2) is 8.20. The van der Waals surface area contributed by atoms with Crippen LogP contribution < -0.4 is 5.32 Å². The van der Waals surface area contributed by atoms with Crippen molar-refractivity contribution in [1.29, 1.82) is 0 Å². The molecule has 0 spiro atoms. The highest BCUT2D eigenvalue weighted by Crippen LogP contribution is 2.44. The molecule has 3 aliphatic rings. The average Bonchev–Trinajstić information content (AvgIpc) is 3.51. The second-order valence-electron chi connectivity index (χ2n) is 8.35. The summed E-state index contributed by atoms with van der Waals surface area (Å²) >= 11 is 0. The first-order chi connectivity index (χ1) is 15.1. The quantitative estimate of drug-likeness (QED) is 0.682. The fourth-order valence-corrected chi connectivity index (χ4v) is 4.30. The number of rotatable bonds is 7. The van der Waals surface area contributed by atoms with Crippen LogP contribution in [-0.2, 0) is 25.8 Å². The minimum atomic E-state index is -0.925. The van der Waals surface area contributed by atoms with E-state index in [1.807, 2.05) is 30.3 Å². The highest BCUT2D eigenvalue weighted by molar-refractivity contribution is 6.07. The molecule has 0 radical (unpaired) electrons. The lowest BCUT2D eigenvalue weighted by atomic mass is 9.91. The van der Waals surface area contributed by atoms with E-state index in [2.05, 4.69) is 10.3 Å². The molecule has 2 aliphatic heterocycles. The number of pyridine rings is 1. The molecule has 3 fully saturated rings. The van der Waals surface area contributed by atoms with E-state index >= 15 is 0 Å². The normalized spacial score (nSPS) is 25.7. The number of benzene rings is 1. The number of aromatic nitrogens is 1. The molecule has 1 aromatic carbocycles. The first kappa shape index (κ1) is 19.8. The third-order valence-corrected chi connectivity index (χ3v) is 6.10. The number of nitrogens with one attached hydrogen (secondary N) is 1. The first-order valence-electron chi connectivity index (χ1n) is 10.6. The van der Waals surface area contributed by atoms with Gasteiger partial charge in [-0.05, 0) is 42.0 Å². The Morgan fingerprint density at radius 3 is 2.52 bits per heavy atom. The number of hydrogen-bond acceptors (Lipinski definition) is 6. The Balaban J connectivity index is 1.37. The molecule has 31 heavy (non-hydrogen) atoms. The van der Waals surface area contributed by atoms with Gasteiger partial charge < -0.3 is 5.32 Å². The zero-order chi connectivity index (χ0) is 21.4.